The number of anilines is 1. The Hall–Kier alpha value is -1.65. The third-order valence-corrected chi connectivity index (χ3v) is 4.05. The minimum Gasteiger partial charge on any atom is -0.325 e. The zero-order valence-electron chi connectivity index (χ0n) is 12.9. The lowest BCUT2D eigenvalue weighted by atomic mass is 10.0. The maximum absolute atomic E-state index is 12.0. The topological polar surface area (TPSA) is 41.1 Å². The Bertz CT molecular complexity index is 608. The Morgan fingerprint density at radius 3 is 2.32 bits per heavy atom. The van der Waals surface area contributed by atoms with Gasteiger partial charge in [-0.1, -0.05) is 52.7 Å². The molecule has 22 heavy (non-hydrogen) atoms. The zero-order valence-corrected chi connectivity index (χ0v) is 14.5. The van der Waals surface area contributed by atoms with Gasteiger partial charge >= 0.3 is 0 Å². The number of rotatable bonds is 6. The molecule has 0 spiro atoms. The van der Waals surface area contributed by atoms with Crippen LogP contribution >= 0.6 is 15.9 Å². The first kappa shape index (κ1) is 16.7. The van der Waals surface area contributed by atoms with Crippen LogP contribution in [-0.2, 0) is 4.79 Å². The van der Waals surface area contributed by atoms with E-state index in [9.17, 15) is 4.79 Å². The maximum atomic E-state index is 12.0. The molecule has 0 saturated heterocycles. The van der Waals surface area contributed by atoms with Crippen LogP contribution in [0.5, 0.6) is 0 Å². The van der Waals surface area contributed by atoms with Crippen LogP contribution in [0.15, 0.2) is 53.0 Å². The number of halogens is 1. The zero-order chi connectivity index (χ0) is 15.9. The lowest BCUT2D eigenvalue weighted by Crippen LogP contribution is -2.31. The normalized spacial score (nSPS) is 12.0. The lowest BCUT2D eigenvalue weighted by molar-refractivity contribution is -0.115. The summed E-state index contributed by atoms with van der Waals surface area (Å²) in [6.07, 6.45) is 0.930. The van der Waals surface area contributed by atoms with E-state index in [1.54, 1.807) is 0 Å². The molecule has 0 aliphatic rings. The van der Waals surface area contributed by atoms with Gasteiger partial charge < -0.3 is 10.6 Å². The molecule has 0 aliphatic heterocycles. The maximum Gasteiger partial charge on any atom is 0.238 e. The predicted octanol–water partition coefficient (Wildman–Crippen LogP) is 4.44. The second kappa shape index (κ2) is 8.11. The molecule has 0 radical (unpaired) electrons. The number of aryl methyl sites for hydroxylation is 1. The van der Waals surface area contributed by atoms with E-state index < -0.39 is 0 Å². The van der Waals surface area contributed by atoms with Crippen LogP contribution in [0.4, 0.5) is 5.69 Å². The Morgan fingerprint density at radius 2 is 1.73 bits per heavy atom. The molecule has 0 unspecified atom stereocenters. The first-order valence-electron chi connectivity index (χ1n) is 7.44. The fourth-order valence-electron chi connectivity index (χ4n) is 2.25. The molecular weight excluding hydrogens is 340 g/mol. The second-order valence-electron chi connectivity index (χ2n) is 5.31. The fraction of sp³-hybridized carbons (Fsp3) is 0.278. The molecule has 3 nitrogen and oxygen atoms in total. The average Bonchev–Trinajstić information content (AvgIpc) is 2.52. The monoisotopic (exact) mass is 360 g/mol. The van der Waals surface area contributed by atoms with Gasteiger partial charge in [-0.15, -0.1) is 0 Å². The molecule has 2 N–H and O–H groups in total. The molecule has 116 valence electrons. The summed E-state index contributed by atoms with van der Waals surface area (Å²) >= 11 is 3.44. The summed E-state index contributed by atoms with van der Waals surface area (Å²) < 4.78 is 1.06. The molecule has 1 amide bonds. The van der Waals surface area contributed by atoms with Crippen LogP contribution in [0, 0.1) is 6.92 Å². The van der Waals surface area contributed by atoms with Crippen molar-refractivity contribution in [1.29, 1.82) is 0 Å². The van der Waals surface area contributed by atoms with E-state index >= 15 is 0 Å². The highest BCUT2D eigenvalue weighted by Crippen LogP contribution is 2.19. The molecule has 0 aromatic heterocycles. The van der Waals surface area contributed by atoms with Gasteiger partial charge in [0.1, 0.15) is 0 Å². The molecule has 2 aromatic carbocycles. The standard InChI is InChI=1S/C18H21BrN2O/c1-3-17(14-6-8-15(19)9-7-14)20-12-18(22)21-16-10-4-13(2)5-11-16/h4-11,17,20H,3,12H2,1-2H3,(H,21,22)/t17-/m0/s1. The molecule has 0 saturated carbocycles. The molecule has 0 aliphatic carbocycles. The second-order valence-corrected chi connectivity index (χ2v) is 6.22. The first-order valence-corrected chi connectivity index (χ1v) is 8.23. The van der Waals surface area contributed by atoms with Crippen LogP contribution in [0.25, 0.3) is 0 Å². The van der Waals surface area contributed by atoms with Gasteiger partial charge in [-0.05, 0) is 43.2 Å². The Labute approximate surface area is 140 Å². The van der Waals surface area contributed by atoms with Crippen LogP contribution in [0.1, 0.15) is 30.5 Å². The number of carbonyl (C=O) groups excluding carboxylic acids is 1. The van der Waals surface area contributed by atoms with Gasteiger partial charge in [-0.25, -0.2) is 0 Å². The largest absolute Gasteiger partial charge is 0.325 e. The summed E-state index contributed by atoms with van der Waals surface area (Å²) in [5.41, 5.74) is 3.19. The molecule has 2 rings (SSSR count). The minimum absolute atomic E-state index is 0.0283. The first-order chi connectivity index (χ1) is 10.6. The van der Waals surface area contributed by atoms with Crippen molar-refractivity contribution < 1.29 is 4.79 Å². The number of nitrogens with one attached hydrogen (secondary N) is 2. The van der Waals surface area contributed by atoms with E-state index in [1.165, 1.54) is 11.1 Å². The van der Waals surface area contributed by atoms with E-state index in [0.717, 1.165) is 16.6 Å². The molecule has 0 fully saturated rings. The van der Waals surface area contributed by atoms with E-state index in [2.05, 4.69) is 45.6 Å². The summed E-state index contributed by atoms with van der Waals surface area (Å²) in [6, 6.07) is 16.2. The predicted molar refractivity (Wildman–Crippen MR) is 95.0 cm³/mol. The third-order valence-electron chi connectivity index (χ3n) is 3.52. The Kier molecular flexibility index (Phi) is 6.16. The summed E-state index contributed by atoms with van der Waals surface area (Å²) in [7, 11) is 0. The van der Waals surface area contributed by atoms with Crippen LogP contribution in [0.3, 0.4) is 0 Å². The average molecular weight is 361 g/mol. The van der Waals surface area contributed by atoms with Crippen molar-refractivity contribution >= 4 is 27.5 Å². The van der Waals surface area contributed by atoms with Crippen molar-refractivity contribution in [3.63, 3.8) is 0 Å². The van der Waals surface area contributed by atoms with Gasteiger partial charge in [0.05, 0.1) is 6.54 Å². The highest BCUT2D eigenvalue weighted by Gasteiger charge is 2.10. The molecule has 2 aromatic rings. The summed E-state index contributed by atoms with van der Waals surface area (Å²) in [5, 5.41) is 6.21. The van der Waals surface area contributed by atoms with Gasteiger partial charge in [0.25, 0.3) is 0 Å². The fourth-order valence-corrected chi connectivity index (χ4v) is 2.52. The lowest BCUT2D eigenvalue weighted by Gasteiger charge is -2.17. The number of hydrogen-bond acceptors (Lipinski definition) is 2. The molecular formula is C18H21BrN2O. The van der Waals surface area contributed by atoms with Crippen molar-refractivity contribution in [2.75, 3.05) is 11.9 Å². The minimum atomic E-state index is -0.0283. The highest BCUT2D eigenvalue weighted by molar-refractivity contribution is 9.10. The molecule has 0 heterocycles. The van der Waals surface area contributed by atoms with Gasteiger partial charge in [0, 0.05) is 16.2 Å². The number of amides is 1. The summed E-state index contributed by atoms with van der Waals surface area (Å²) in [6.45, 7) is 4.43. The van der Waals surface area contributed by atoms with Gasteiger partial charge in [0.2, 0.25) is 5.91 Å². The van der Waals surface area contributed by atoms with Crippen molar-refractivity contribution in [1.82, 2.24) is 5.32 Å². The molecule has 0 bridgehead atoms. The Balaban J connectivity index is 1.88. The molecule has 4 heteroatoms. The molecule has 1 atom stereocenters. The third kappa shape index (κ3) is 4.97. The quantitative estimate of drug-likeness (QED) is 0.799. The Morgan fingerprint density at radius 1 is 1.09 bits per heavy atom. The van der Waals surface area contributed by atoms with Gasteiger partial charge in [-0.2, -0.15) is 0 Å². The van der Waals surface area contributed by atoms with Gasteiger partial charge in [0.15, 0.2) is 0 Å². The summed E-state index contributed by atoms with van der Waals surface area (Å²) in [5.74, 6) is -0.0283. The van der Waals surface area contributed by atoms with Crippen molar-refractivity contribution in [2.24, 2.45) is 0 Å². The van der Waals surface area contributed by atoms with Gasteiger partial charge in [-0.3, -0.25) is 4.79 Å². The number of hydrogen-bond donors (Lipinski definition) is 2. The number of carbonyl (C=O) groups is 1. The van der Waals surface area contributed by atoms with E-state index in [1.807, 2.05) is 43.3 Å². The van der Waals surface area contributed by atoms with Crippen LogP contribution in [-0.4, -0.2) is 12.5 Å². The van der Waals surface area contributed by atoms with Crippen molar-refractivity contribution in [2.45, 2.75) is 26.3 Å². The van der Waals surface area contributed by atoms with E-state index in [-0.39, 0.29) is 11.9 Å². The van der Waals surface area contributed by atoms with E-state index in [4.69, 9.17) is 0 Å². The highest BCUT2D eigenvalue weighted by atomic mass is 79.9. The van der Waals surface area contributed by atoms with Crippen LogP contribution < -0.4 is 10.6 Å². The number of benzene rings is 2. The van der Waals surface area contributed by atoms with E-state index in [0.29, 0.717) is 6.54 Å². The van der Waals surface area contributed by atoms with Crippen molar-refractivity contribution in [3.8, 4) is 0 Å². The smallest absolute Gasteiger partial charge is 0.238 e. The summed E-state index contributed by atoms with van der Waals surface area (Å²) in [4.78, 5) is 12.0. The SMILES string of the molecule is CC[C@H](NCC(=O)Nc1ccc(C)cc1)c1ccc(Br)cc1. The van der Waals surface area contributed by atoms with Crippen LogP contribution in [0.2, 0.25) is 0 Å². The van der Waals surface area contributed by atoms with Crippen molar-refractivity contribution in [3.05, 3.63) is 64.1 Å².